The summed E-state index contributed by atoms with van der Waals surface area (Å²) in [7, 11) is 0. The molecule has 25 heavy (non-hydrogen) atoms. The van der Waals surface area contributed by atoms with E-state index in [1.807, 2.05) is 0 Å². The van der Waals surface area contributed by atoms with Crippen molar-refractivity contribution in [2.75, 3.05) is 11.4 Å². The van der Waals surface area contributed by atoms with Crippen LogP contribution in [0.5, 0.6) is 0 Å². The molecule has 3 heteroatoms. The van der Waals surface area contributed by atoms with Gasteiger partial charge in [0.2, 0.25) is 5.95 Å². The van der Waals surface area contributed by atoms with Crippen molar-refractivity contribution in [3.63, 3.8) is 0 Å². The third-order valence-electron chi connectivity index (χ3n) is 5.00. The smallest absolute Gasteiger partial charge is 0.207 e. The van der Waals surface area contributed by atoms with E-state index in [-0.39, 0.29) is 6.04 Å². The fourth-order valence-corrected chi connectivity index (χ4v) is 3.88. The van der Waals surface area contributed by atoms with Crippen LogP contribution in [0.1, 0.15) is 17.2 Å². The fraction of sp³-hybridized carbons (Fsp3) is 0.136. The largest absolute Gasteiger partial charge is 0.329 e. The van der Waals surface area contributed by atoms with Crippen LogP contribution in [0.15, 0.2) is 84.9 Å². The van der Waals surface area contributed by atoms with E-state index in [1.54, 1.807) is 0 Å². The van der Waals surface area contributed by atoms with Crippen molar-refractivity contribution < 1.29 is 0 Å². The van der Waals surface area contributed by atoms with Gasteiger partial charge in [-0.3, -0.25) is 0 Å². The van der Waals surface area contributed by atoms with E-state index in [0.29, 0.717) is 0 Å². The van der Waals surface area contributed by atoms with Gasteiger partial charge in [-0.1, -0.05) is 72.8 Å². The van der Waals surface area contributed by atoms with E-state index in [0.717, 1.165) is 24.6 Å². The maximum atomic E-state index is 4.94. The van der Waals surface area contributed by atoms with Crippen LogP contribution in [0.25, 0.3) is 11.0 Å². The standard InChI is InChI=1S/C22H19N3/c1-3-9-17(10-4-1)21(18-11-5-2-6-12-18)25-16-15-24-20-14-8-7-13-19(20)23-22(24)25/h1-14,21H,15-16H2. The Bertz CT molecular complexity index is 966. The topological polar surface area (TPSA) is 21.1 Å². The molecule has 0 saturated heterocycles. The molecule has 0 bridgehead atoms. The molecule has 0 spiro atoms. The summed E-state index contributed by atoms with van der Waals surface area (Å²) in [5.41, 5.74) is 4.89. The molecule has 0 aliphatic carbocycles. The normalized spacial score (nSPS) is 13.6. The molecule has 0 atom stereocenters. The minimum absolute atomic E-state index is 0.181. The Labute approximate surface area is 147 Å². The quantitative estimate of drug-likeness (QED) is 0.547. The van der Waals surface area contributed by atoms with Gasteiger partial charge in [-0.15, -0.1) is 0 Å². The van der Waals surface area contributed by atoms with Crippen LogP contribution in [0.4, 0.5) is 5.95 Å². The number of fused-ring (bicyclic) bond motifs is 3. The second-order valence-electron chi connectivity index (χ2n) is 6.47. The predicted molar refractivity (Wildman–Crippen MR) is 102 cm³/mol. The third kappa shape index (κ3) is 2.31. The molecule has 1 aliphatic heterocycles. The van der Waals surface area contributed by atoms with Crippen molar-refractivity contribution in [2.45, 2.75) is 12.6 Å². The SMILES string of the molecule is c1ccc(C(c2ccccc2)N2CCn3c2nc2ccccc23)cc1. The van der Waals surface area contributed by atoms with E-state index in [2.05, 4.69) is 94.4 Å². The first-order chi connectivity index (χ1) is 12.4. The summed E-state index contributed by atoms with van der Waals surface area (Å²) in [5, 5.41) is 0. The van der Waals surface area contributed by atoms with Gasteiger partial charge in [0.05, 0.1) is 17.1 Å². The van der Waals surface area contributed by atoms with Gasteiger partial charge in [0.25, 0.3) is 0 Å². The van der Waals surface area contributed by atoms with Crippen molar-refractivity contribution >= 4 is 17.0 Å². The lowest BCUT2D eigenvalue weighted by Crippen LogP contribution is -2.28. The van der Waals surface area contributed by atoms with Gasteiger partial charge in [-0.05, 0) is 23.3 Å². The van der Waals surface area contributed by atoms with Crippen molar-refractivity contribution in [1.29, 1.82) is 0 Å². The second kappa shape index (κ2) is 5.78. The van der Waals surface area contributed by atoms with E-state index < -0.39 is 0 Å². The molecule has 0 unspecified atom stereocenters. The minimum atomic E-state index is 0.181. The Morgan fingerprint density at radius 3 is 1.96 bits per heavy atom. The minimum Gasteiger partial charge on any atom is -0.329 e. The first-order valence-corrected chi connectivity index (χ1v) is 8.73. The molecule has 3 nitrogen and oxygen atoms in total. The van der Waals surface area contributed by atoms with Crippen LogP contribution in [0.3, 0.4) is 0 Å². The summed E-state index contributed by atoms with van der Waals surface area (Å²) in [5.74, 6) is 1.07. The van der Waals surface area contributed by atoms with Crippen molar-refractivity contribution in [1.82, 2.24) is 9.55 Å². The maximum absolute atomic E-state index is 4.94. The molecule has 0 saturated carbocycles. The molecule has 5 rings (SSSR count). The summed E-state index contributed by atoms with van der Waals surface area (Å²) in [6.07, 6.45) is 0. The molecular formula is C22H19N3. The molecule has 2 heterocycles. The number of para-hydroxylation sites is 2. The lowest BCUT2D eigenvalue weighted by molar-refractivity contribution is 0.715. The molecule has 122 valence electrons. The average molecular weight is 325 g/mol. The number of nitrogens with zero attached hydrogens (tertiary/aromatic N) is 3. The Hall–Kier alpha value is -3.07. The van der Waals surface area contributed by atoms with E-state index in [4.69, 9.17) is 4.98 Å². The number of imidazole rings is 1. The summed E-state index contributed by atoms with van der Waals surface area (Å²) in [4.78, 5) is 7.37. The summed E-state index contributed by atoms with van der Waals surface area (Å²) < 4.78 is 2.34. The average Bonchev–Trinajstić information content (AvgIpc) is 3.24. The van der Waals surface area contributed by atoms with Crippen LogP contribution < -0.4 is 4.90 Å². The zero-order chi connectivity index (χ0) is 16.6. The zero-order valence-corrected chi connectivity index (χ0v) is 13.9. The van der Waals surface area contributed by atoms with Crippen LogP contribution in [0.2, 0.25) is 0 Å². The lowest BCUT2D eigenvalue weighted by Gasteiger charge is -2.29. The van der Waals surface area contributed by atoms with Gasteiger partial charge >= 0.3 is 0 Å². The van der Waals surface area contributed by atoms with Gasteiger partial charge in [0.15, 0.2) is 0 Å². The highest BCUT2D eigenvalue weighted by molar-refractivity contribution is 5.79. The monoisotopic (exact) mass is 325 g/mol. The summed E-state index contributed by atoms with van der Waals surface area (Å²) in [6, 6.07) is 30.0. The highest BCUT2D eigenvalue weighted by Crippen LogP contribution is 2.37. The van der Waals surface area contributed by atoms with Gasteiger partial charge < -0.3 is 9.47 Å². The Kier molecular flexibility index (Phi) is 3.30. The molecule has 4 aromatic rings. The third-order valence-corrected chi connectivity index (χ3v) is 5.00. The van der Waals surface area contributed by atoms with Crippen molar-refractivity contribution in [3.8, 4) is 0 Å². The number of hydrogen-bond acceptors (Lipinski definition) is 2. The lowest BCUT2D eigenvalue weighted by atomic mass is 9.97. The van der Waals surface area contributed by atoms with Crippen molar-refractivity contribution in [3.05, 3.63) is 96.1 Å². The van der Waals surface area contributed by atoms with Crippen LogP contribution in [0, 0.1) is 0 Å². The molecular weight excluding hydrogens is 306 g/mol. The number of anilines is 1. The molecule has 1 aromatic heterocycles. The summed E-state index contributed by atoms with van der Waals surface area (Å²) >= 11 is 0. The first kappa shape index (κ1) is 14.3. The van der Waals surface area contributed by atoms with Gasteiger partial charge in [0, 0.05) is 13.1 Å². The van der Waals surface area contributed by atoms with Crippen molar-refractivity contribution in [2.24, 2.45) is 0 Å². The Morgan fingerprint density at radius 2 is 1.28 bits per heavy atom. The van der Waals surface area contributed by atoms with E-state index in [1.165, 1.54) is 16.6 Å². The van der Waals surface area contributed by atoms with Gasteiger partial charge in [0.1, 0.15) is 0 Å². The molecule has 3 aromatic carbocycles. The van der Waals surface area contributed by atoms with E-state index in [9.17, 15) is 0 Å². The Morgan fingerprint density at radius 1 is 0.680 bits per heavy atom. The maximum Gasteiger partial charge on any atom is 0.207 e. The highest BCUT2D eigenvalue weighted by Gasteiger charge is 2.31. The first-order valence-electron chi connectivity index (χ1n) is 8.73. The summed E-state index contributed by atoms with van der Waals surface area (Å²) in [6.45, 7) is 1.95. The Balaban J connectivity index is 1.67. The van der Waals surface area contributed by atoms with E-state index >= 15 is 0 Å². The van der Waals surface area contributed by atoms with Crippen LogP contribution in [-0.4, -0.2) is 16.1 Å². The zero-order valence-electron chi connectivity index (χ0n) is 13.9. The van der Waals surface area contributed by atoms with Crippen LogP contribution in [-0.2, 0) is 6.54 Å². The fourth-order valence-electron chi connectivity index (χ4n) is 3.88. The second-order valence-corrected chi connectivity index (χ2v) is 6.47. The number of benzene rings is 3. The molecule has 0 N–H and O–H groups in total. The highest BCUT2D eigenvalue weighted by atomic mass is 15.4. The molecule has 0 fully saturated rings. The number of rotatable bonds is 3. The van der Waals surface area contributed by atoms with Crippen LogP contribution >= 0.6 is 0 Å². The van der Waals surface area contributed by atoms with Gasteiger partial charge in [-0.2, -0.15) is 0 Å². The number of hydrogen-bond donors (Lipinski definition) is 0. The molecule has 0 radical (unpaired) electrons. The number of aromatic nitrogens is 2. The van der Waals surface area contributed by atoms with Gasteiger partial charge in [-0.25, -0.2) is 4.98 Å². The molecule has 1 aliphatic rings. The molecule has 0 amide bonds. The predicted octanol–water partition coefficient (Wildman–Crippen LogP) is 4.65.